The second-order valence-corrected chi connectivity index (χ2v) is 8.78. The van der Waals surface area contributed by atoms with Crippen LogP contribution < -0.4 is 9.47 Å². The summed E-state index contributed by atoms with van der Waals surface area (Å²) in [5, 5.41) is 0. The molecule has 2 aromatic rings. The topological polar surface area (TPSA) is 72.9 Å². The minimum atomic E-state index is -0.359. The number of methoxy groups -OCH3 is 2. The van der Waals surface area contributed by atoms with Crippen LogP contribution in [0.3, 0.4) is 0 Å². The number of ketones is 2. The lowest BCUT2D eigenvalue weighted by molar-refractivity contribution is -0.124. The molecule has 0 N–H and O–H groups in total. The first-order chi connectivity index (χ1) is 15.9. The molecule has 1 heterocycles. The lowest BCUT2D eigenvalue weighted by Crippen LogP contribution is -2.43. The van der Waals surface area contributed by atoms with Crippen molar-refractivity contribution in [2.45, 2.75) is 51.1 Å². The van der Waals surface area contributed by atoms with E-state index >= 15 is 0 Å². The van der Waals surface area contributed by atoms with Crippen molar-refractivity contribution in [1.82, 2.24) is 4.90 Å². The molecular formula is C27H29NO5. The highest BCUT2D eigenvalue weighted by atomic mass is 16.5. The van der Waals surface area contributed by atoms with Gasteiger partial charge in [-0.2, -0.15) is 0 Å². The Balaban J connectivity index is 1.37. The third-order valence-electron chi connectivity index (χ3n) is 6.49. The quantitative estimate of drug-likeness (QED) is 0.570. The van der Waals surface area contributed by atoms with Crippen molar-refractivity contribution in [2.75, 3.05) is 14.2 Å². The van der Waals surface area contributed by atoms with Crippen LogP contribution in [-0.2, 0) is 29.0 Å². The van der Waals surface area contributed by atoms with E-state index in [1.807, 2.05) is 30.3 Å². The number of amides is 1. The molecule has 1 aliphatic heterocycles. The third-order valence-corrected chi connectivity index (χ3v) is 6.49. The van der Waals surface area contributed by atoms with Crippen molar-refractivity contribution in [3.05, 3.63) is 70.8 Å². The summed E-state index contributed by atoms with van der Waals surface area (Å²) in [5.41, 5.74) is 4.44. The van der Waals surface area contributed by atoms with Crippen LogP contribution in [0.15, 0.2) is 48.6 Å². The van der Waals surface area contributed by atoms with E-state index in [2.05, 4.69) is 6.58 Å². The highest BCUT2D eigenvalue weighted by Crippen LogP contribution is 2.32. The summed E-state index contributed by atoms with van der Waals surface area (Å²) in [6.45, 7) is 4.36. The van der Waals surface area contributed by atoms with Crippen LogP contribution in [0.25, 0.3) is 0 Å². The van der Waals surface area contributed by atoms with E-state index < -0.39 is 0 Å². The fourth-order valence-electron chi connectivity index (χ4n) is 4.68. The Hall–Kier alpha value is -3.41. The summed E-state index contributed by atoms with van der Waals surface area (Å²) in [6, 6.07) is 10.9. The molecule has 4 rings (SSSR count). The van der Waals surface area contributed by atoms with Crippen molar-refractivity contribution in [3.63, 3.8) is 0 Å². The second kappa shape index (κ2) is 9.61. The molecule has 0 saturated heterocycles. The first-order valence-corrected chi connectivity index (χ1v) is 11.2. The maximum absolute atomic E-state index is 12.9. The van der Waals surface area contributed by atoms with Crippen molar-refractivity contribution in [1.29, 1.82) is 0 Å². The molecular weight excluding hydrogens is 418 g/mol. The molecule has 1 saturated carbocycles. The molecule has 0 spiro atoms. The molecule has 1 unspecified atom stereocenters. The monoisotopic (exact) mass is 447 g/mol. The van der Waals surface area contributed by atoms with Crippen LogP contribution in [0, 0.1) is 0 Å². The highest BCUT2D eigenvalue weighted by molar-refractivity contribution is 6.02. The average Bonchev–Trinajstić information content (AvgIpc) is 3.13. The van der Waals surface area contributed by atoms with Gasteiger partial charge in [-0.3, -0.25) is 14.4 Å². The Morgan fingerprint density at radius 3 is 2.55 bits per heavy atom. The van der Waals surface area contributed by atoms with E-state index in [1.165, 1.54) is 0 Å². The number of fused-ring (bicyclic) bond motifs is 1. The second-order valence-electron chi connectivity index (χ2n) is 8.78. The van der Waals surface area contributed by atoms with Gasteiger partial charge in [0.1, 0.15) is 5.78 Å². The van der Waals surface area contributed by atoms with Gasteiger partial charge in [0.05, 0.1) is 20.3 Å². The van der Waals surface area contributed by atoms with Crippen LogP contribution in [0.5, 0.6) is 11.5 Å². The smallest absolute Gasteiger partial charge is 0.255 e. The van der Waals surface area contributed by atoms with Gasteiger partial charge in [0, 0.05) is 31.4 Å². The molecule has 2 aromatic carbocycles. The number of allylic oxidation sites excluding steroid dienone is 1. The maximum Gasteiger partial charge on any atom is 0.255 e. The number of nitrogens with zero attached hydrogens (tertiary/aromatic N) is 1. The van der Waals surface area contributed by atoms with E-state index in [1.54, 1.807) is 25.2 Å². The number of rotatable bonds is 8. The molecule has 1 amide bonds. The maximum atomic E-state index is 12.9. The lowest BCUT2D eigenvalue weighted by atomic mass is 9.90. The summed E-state index contributed by atoms with van der Waals surface area (Å²) in [7, 11) is 3.15. The van der Waals surface area contributed by atoms with Gasteiger partial charge in [-0.15, -0.1) is 0 Å². The van der Waals surface area contributed by atoms with Gasteiger partial charge in [-0.25, -0.2) is 0 Å². The van der Waals surface area contributed by atoms with Gasteiger partial charge >= 0.3 is 0 Å². The van der Waals surface area contributed by atoms with Gasteiger partial charge in [0.15, 0.2) is 17.3 Å². The number of aryl methyl sites for hydroxylation is 1. The number of ether oxygens (including phenoxy) is 2. The molecule has 6 nitrogen and oxygen atoms in total. The van der Waals surface area contributed by atoms with Crippen molar-refractivity contribution < 1.29 is 23.9 Å². The molecule has 1 atom stereocenters. The van der Waals surface area contributed by atoms with Gasteiger partial charge in [0.25, 0.3) is 5.91 Å². The number of hydrogen-bond acceptors (Lipinski definition) is 5. The van der Waals surface area contributed by atoms with Gasteiger partial charge in [0.2, 0.25) is 0 Å². The number of benzene rings is 2. The van der Waals surface area contributed by atoms with Crippen molar-refractivity contribution in [2.24, 2.45) is 0 Å². The standard InChI is InChI=1S/C27H29NO5/c1-17-4-10-23(24(30)12-17)28-16-20-13-18(6-9-22(20)27(28)31)5-8-21(29)14-19-7-11-25(32-2)26(15-19)33-3/h6-7,9,11,13,15,23H,1,4-5,8,10,12,14,16H2,2-3H3. The molecule has 6 heteroatoms. The normalized spacial score (nSPS) is 17.8. The predicted octanol–water partition coefficient (Wildman–Crippen LogP) is 4.08. The Morgan fingerprint density at radius 2 is 1.82 bits per heavy atom. The fraction of sp³-hybridized carbons (Fsp3) is 0.370. The van der Waals surface area contributed by atoms with Crippen molar-refractivity contribution >= 4 is 17.5 Å². The lowest BCUT2D eigenvalue weighted by Gasteiger charge is -2.30. The molecule has 0 bridgehead atoms. The van der Waals surface area contributed by atoms with Crippen LogP contribution in [-0.4, -0.2) is 42.6 Å². The summed E-state index contributed by atoms with van der Waals surface area (Å²) < 4.78 is 10.6. The van der Waals surface area contributed by atoms with Gasteiger partial charge in [-0.1, -0.05) is 30.4 Å². The minimum Gasteiger partial charge on any atom is -0.493 e. The molecule has 2 aliphatic rings. The van der Waals surface area contributed by atoms with Crippen LogP contribution in [0.4, 0.5) is 0 Å². The Morgan fingerprint density at radius 1 is 1.06 bits per heavy atom. The van der Waals surface area contributed by atoms with Gasteiger partial charge < -0.3 is 14.4 Å². The third kappa shape index (κ3) is 4.85. The SMILES string of the molecule is C=C1CCC(N2Cc3cc(CCC(=O)Cc4ccc(OC)c(OC)c4)ccc3C2=O)C(=O)C1. The summed E-state index contributed by atoms with van der Waals surface area (Å²) in [5.74, 6) is 1.38. The highest BCUT2D eigenvalue weighted by Gasteiger charge is 2.37. The summed E-state index contributed by atoms with van der Waals surface area (Å²) in [6.07, 6.45) is 3.13. The molecule has 1 fully saturated rings. The number of carbonyl (C=O) groups excluding carboxylic acids is 3. The predicted molar refractivity (Wildman–Crippen MR) is 125 cm³/mol. The van der Waals surface area contributed by atoms with Crippen LogP contribution in [0.1, 0.15) is 52.7 Å². The van der Waals surface area contributed by atoms with Crippen molar-refractivity contribution in [3.8, 4) is 11.5 Å². The number of Topliss-reactive ketones (excluding diaryl/α,β-unsaturated/α-hetero) is 2. The van der Waals surface area contributed by atoms with Crippen LogP contribution >= 0.6 is 0 Å². The molecule has 172 valence electrons. The number of hydrogen-bond donors (Lipinski definition) is 0. The van der Waals surface area contributed by atoms with Crippen LogP contribution in [0.2, 0.25) is 0 Å². The first-order valence-electron chi connectivity index (χ1n) is 11.2. The number of carbonyl (C=O) groups is 3. The van der Waals surface area contributed by atoms with E-state index in [-0.39, 0.29) is 23.5 Å². The zero-order chi connectivity index (χ0) is 23.5. The molecule has 1 aliphatic carbocycles. The summed E-state index contributed by atoms with van der Waals surface area (Å²) in [4.78, 5) is 39.6. The fourth-order valence-corrected chi connectivity index (χ4v) is 4.68. The Kier molecular flexibility index (Phi) is 6.63. The zero-order valence-electron chi connectivity index (χ0n) is 19.2. The zero-order valence-corrected chi connectivity index (χ0v) is 19.2. The Bertz CT molecular complexity index is 1120. The molecule has 0 aromatic heterocycles. The van der Waals surface area contributed by atoms with Gasteiger partial charge in [-0.05, 0) is 54.2 Å². The summed E-state index contributed by atoms with van der Waals surface area (Å²) >= 11 is 0. The van der Waals surface area contributed by atoms with E-state index in [4.69, 9.17) is 9.47 Å². The molecule has 0 radical (unpaired) electrons. The molecule has 33 heavy (non-hydrogen) atoms. The Labute approximate surface area is 194 Å². The van der Waals surface area contributed by atoms with E-state index in [9.17, 15) is 14.4 Å². The largest absolute Gasteiger partial charge is 0.493 e. The first kappa shape index (κ1) is 22.8. The average molecular weight is 448 g/mol. The van der Waals surface area contributed by atoms with E-state index in [0.717, 1.165) is 28.7 Å². The minimum absolute atomic E-state index is 0.0769. The van der Waals surface area contributed by atoms with E-state index in [0.29, 0.717) is 55.7 Å².